The van der Waals surface area contributed by atoms with E-state index >= 15 is 0 Å². The van der Waals surface area contributed by atoms with Gasteiger partial charge in [-0.05, 0) is 48.7 Å². The van der Waals surface area contributed by atoms with Crippen molar-refractivity contribution in [3.63, 3.8) is 0 Å². The highest BCUT2D eigenvalue weighted by Gasteiger charge is 2.44. The quantitative estimate of drug-likeness (QED) is 0.741. The Balaban J connectivity index is 1.64. The van der Waals surface area contributed by atoms with Crippen LogP contribution in [0.15, 0.2) is 58.5 Å². The number of carbonyl (C=O) groups is 2. The van der Waals surface area contributed by atoms with E-state index < -0.39 is 11.3 Å². The summed E-state index contributed by atoms with van der Waals surface area (Å²) in [6.45, 7) is 5.87. The van der Waals surface area contributed by atoms with E-state index in [2.05, 4.69) is 10.3 Å². The molecule has 0 aromatic heterocycles. The van der Waals surface area contributed by atoms with Crippen molar-refractivity contribution in [3.05, 3.63) is 59.9 Å². The molecule has 0 saturated carbocycles. The number of para-hydroxylation sites is 1. The number of carbonyl (C=O) groups excluding carboxylic acids is 2. The topological polar surface area (TPSA) is 74.1 Å². The minimum Gasteiger partial charge on any atom is -0.325 e. The van der Waals surface area contributed by atoms with E-state index in [0.29, 0.717) is 23.1 Å². The number of aliphatic imine (C=N–C) groups is 2. The molecule has 2 aromatic carbocycles. The first kappa shape index (κ1) is 21.2. The van der Waals surface area contributed by atoms with Crippen molar-refractivity contribution in [2.45, 2.75) is 38.5 Å². The van der Waals surface area contributed by atoms with E-state index in [0.717, 1.165) is 11.3 Å². The van der Waals surface area contributed by atoms with E-state index in [1.807, 2.05) is 49.9 Å². The Bertz CT molecular complexity index is 1080. The van der Waals surface area contributed by atoms with Gasteiger partial charge in [0.05, 0.1) is 10.9 Å². The first-order valence-corrected chi connectivity index (χ1v) is 11.1. The molecule has 0 radical (unpaired) electrons. The van der Waals surface area contributed by atoms with Gasteiger partial charge in [-0.3, -0.25) is 14.5 Å². The monoisotopic (exact) mass is 438 g/mol. The van der Waals surface area contributed by atoms with Crippen LogP contribution in [0.2, 0.25) is 0 Å². The summed E-state index contributed by atoms with van der Waals surface area (Å²) in [7, 11) is 0. The molecule has 2 aliphatic heterocycles. The molecule has 2 amide bonds. The van der Waals surface area contributed by atoms with Crippen molar-refractivity contribution in [1.82, 2.24) is 4.90 Å². The zero-order valence-electron chi connectivity index (χ0n) is 17.5. The lowest BCUT2D eigenvalue weighted by Gasteiger charge is -2.33. The first-order chi connectivity index (χ1) is 14.9. The number of nitrogens with one attached hydrogen (secondary N) is 1. The van der Waals surface area contributed by atoms with Crippen LogP contribution in [-0.4, -0.2) is 39.0 Å². The molecule has 0 spiro atoms. The number of amidine groups is 2. The van der Waals surface area contributed by atoms with E-state index in [-0.39, 0.29) is 23.5 Å². The lowest BCUT2D eigenvalue weighted by molar-refractivity contribution is -0.120. The molecule has 2 heterocycles. The number of halogens is 1. The molecule has 160 valence electrons. The van der Waals surface area contributed by atoms with Crippen molar-refractivity contribution in [2.75, 3.05) is 5.32 Å². The van der Waals surface area contributed by atoms with Crippen LogP contribution in [0.5, 0.6) is 0 Å². The van der Waals surface area contributed by atoms with E-state index in [9.17, 15) is 14.0 Å². The van der Waals surface area contributed by atoms with Gasteiger partial charge in [0.25, 0.3) is 5.91 Å². The second-order valence-electron chi connectivity index (χ2n) is 7.75. The van der Waals surface area contributed by atoms with Gasteiger partial charge < -0.3 is 5.32 Å². The summed E-state index contributed by atoms with van der Waals surface area (Å²) in [6.07, 6.45) is 0.555. The van der Waals surface area contributed by atoms with Gasteiger partial charge in [-0.1, -0.05) is 44.7 Å². The predicted octanol–water partition coefficient (Wildman–Crippen LogP) is 4.59. The highest BCUT2D eigenvalue weighted by Crippen LogP contribution is 2.37. The van der Waals surface area contributed by atoms with E-state index in [1.54, 1.807) is 0 Å². The van der Waals surface area contributed by atoms with Gasteiger partial charge >= 0.3 is 0 Å². The zero-order valence-corrected chi connectivity index (χ0v) is 18.3. The fourth-order valence-electron chi connectivity index (χ4n) is 3.66. The van der Waals surface area contributed by atoms with Crippen LogP contribution < -0.4 is 5.32 Å². The molecule has 1 N–H and O–H groups in total. The molecule has 0 fully saturated rings. The third-order valence-corrected chi connectivity index (χ3v) is 6.53. The molecule has 6 nitrogen and oxygen atoms in total. The molecule has 0 aliphatic carbocycles. The summed E-state index contributed by atoms with van der Waals surface area (Å²) in [6, 6.07) is 12.8. The average molecular weight is 439 g/mol. The Morgan fingerprint density at radius 2 is 1.87 bits per heavy atom. The van der Waals surface area contributed by atoms with Gasteiger partial charge in [-0.2, -0.15) is 4.99 Å². The molecule has 2 aromatic rings. The number of benzene rings is 2. The third kappa shape index (κ3) is 4.12. The summed E-state index contributed by atoms with van der Waals surface area (Å²) < 4.78 is 13.2. The van der Waals surface area contributed by atoms with Gasteiger partial charge in [0.15, 0.2) is 5.17 Å². The normalized spacial score (nSPS) is 18.3. The van der Waals surface area contributed by atoms with Crippen LogP contribution >= 0.6 is 11.8 Å². The van der Waals surface area contributed by atoms with Crippen molar-refractivity contribution in [2.24, 2.45) is 15.9 Å². The first-order valence-electron chi connectivity index (χ1n) is 10.2. The smallest absolute Gasteiger partial charge is 0.271 e. The molecule has 2 atom stereocenters. The summed E-state index contributed by atoms with van der Waals surface area (Å²) in [5, 5.41) is 2.97. The van der Waals surface area contributed by atoms with Gasteiger partial charge in [0.2, 0.25) is 5.91 Å². The van der Waals surface area contributed by atoms with Crippen LogP contribution in [0.1, 0.15) is 32.8 Å². The maximum atomic E-state index is 13.2. The lowest BCUT2D eigenvalue weighted by Crippen LogP contribution is -2.47. The number of nitrogens with zero attached hydrogens (tertiary/aromatic N) is 3. The standard InChI is InChI=1S/C23H23FN4O2S/c1-4-18(21(29)25-15-11-9-14(24)10-12-15)31-23-26-17-8-6-5-7-16(17)20-27-22(30)19(13(2)3)28(20)23/h5-13,18-19H,4H2,1-3H3,(H,25,29). The van der Waals surface area contributed by atoms with Crippen molar-refractivity contribution in [3.8, 4) is 0 Å². The number of thioether (sulfide) groups is 1. The number of hydrogen-bond donors (Lipinski definition) is 1. The lowest BCUT2D eigenvalue weighted by atomic mass is 10.0. The molecule has 2 unspecified atom stereocenters. The van der Waals surface area contributed by atoms with E-state index in [1.165, 1.54) is 36.0 Å². The zero-order chi connectivity index (χ0) is 22.1. The largest absolute Gasteiger partial charge is 0.325 e. The molecule has 4 rings (SSSR count). The second-order valence-corrected chi connectivity index (χ2v) is 8.92. The number of rotatable bonds is 5. The van der Waals surface area contributed by atoms with Crippen LogP contribution in [0, 0.1) is 11.7 Å². The minimum atomic E-state index is -0.452. The number of hydrogen-bond acceptors (Lipinski definition) is 5. The van der Waals surface area contributed by atoms with Crippen molar-refractivity contribution in [1.29, 1.82) is 0 Å². The van der Waals surface area contributed by atoms with Crippen molar-refractivity contribution >= 4 is 46.0 Å². The Morgan fingerprint density at radius 1 is 1.16 bits per heavy atom. The minimum absolute atomic E-state index is 0.0259. The molecule has 31 heavy (non-hydrogen) atoms. The molecule has 2 aliphatic rings. The summed E-state index contributed by atoms with van der Waals surface area (Å²) in [5.74, 6) is -0.145. The second kappa shape index (κ2) is 8.63. The molecule has 0 saturated heterocycles. The number of fused-ring (bicyclic) bond motifs is 3. The highest BCUT2D eigenvalue weighted by molar-refractivity contribution is 8.15. The Labute approximate surface area is 184 Å². The summed E-state index contributed by atoms with van der Waals surface area (Å²) >= 11 is 1.32. The Kier molecular flexibility index (Phi) is 5.91. The number of anilines is 1. The van der Waals surface area contributed by atoms with Gasteiger partial charge in [-0.25, -0.2) is 9.38 Å². The molecular formula is C23H23FN4O2S. The Hall–Kier alpha value is -3.00. The fourth-order valence-corrected chi connectivity index (χ4v) is 4.71. The SMILES string of the molecule is CCC(SC1=Nc2ccccc2C2=NC(=O)C(C(C)C)N12)C(=O)Nc1ccc(F)cc1. The van der Waals surface area contributed by atoms with Crippen LogP contribution in [-0.2, 0) is 9.59 Å². The maximum Gasteiger partial charge on any atom is 0.271 e. The fraction of sp³-hybridized carbons (Fsp3) is 0.304. The van der Waals surface area contributed by atoms with Crippen LogP contribution in [0.25, 0.3) is 0 Å². The van der Waals surface area contributed by atoms with Crippen LogP contribution in [0.3, 0.4) is 0 Å². The van der Waals surface area contributed by atoms with Crippen LogP contribution in [0.4, 0.5) is 15.8 Å². The van der Waals surface area contributed by atoms with Gasteiger partial charge in [0, 0.05) is 11.3 Å². The van der Waals surface area contributed by atoms with E-state index in [4.69, 9.17) is 4.99 Å². The molecule has 8 heteroatoms. The third-order valence-electron chi connectivity index (χ3n) is 5.20. The van der Waals surface area contributed by atoms with Gasteiger partial charge in [0.1, 0.15) is 17.7 Å². The highest BCUT2D eigenvalue weighted by atomic mass is 32.2. The number of amides is 2. The van der Waals surface area contributed by atoms with Gasteiger partial charge in [-0.15, -0.1) is 0 Å². The molecular weight excluding hydrogens is 415 g/mol. The molecule has 0 bridgehead atoms. The van der Waals surface area contributed by atoms with Crippen molar-refractivity contribution < 1.29 is 14.0 Å². The maximum absolute atomic E-state index is 13.2. The summed E-state index contributed by atoms with van der Waals surface area (Å²) in [4.78, 5) is 36.6. The predicted molar refractivity (Wildman–Crippen MR) is 122 cm³/mol. The summed E-state index contributed by atoms with van der Waals surface area (Å²) in [5.41, 5.74) is 2.07. The average Bonchev–Trinajstić information content (AvgIpc) is 3.11. The Morgan fingerprint density at radius 3 is 2.55 bits per heavy atom.